The Balaban J connectivity index is 1.45. The van der Waals surface area contributed by atoms with Crippen LogP contribution in [0, 0.1) is 6.92 Å². The predicted molar refractivity (Wildman–Crippen MR) is 115 cm³/mol. The van der Waals surface area contributed by atoms with Crippen molar-refractivity contribution in [2.24, 2.45) is 0 Å². The number of nitrogens with zero attached hydrogens (tertiary/aromatic N) is 4. The number of piperidine rings is 1. The van der Waals surface area contributed by atoms with Gasteiger partial charge in [0.2, 0.25) is 0 Å². The zero-order chi connectivity index (χ0) is 21.4. The summed E-state index contributed by atoms with van der Waals surface area (Å²) >= 11 is 0. The lowest BCUT2D eigenvalue weighted by Crippen LogP contribution is -2.39. The number of aryl methyl sites for hydroxylation is 1. The Hall–Kier alpha value is -3.22. The molecule has 1 saturated carbocycles. The number of hydrogen-bond acceptors (Lipinski definition) is 6. The van der Waals surface area contributed by atoms with Gasteiger partial charge in [-0.2, -0.15) is 0 Å². The fourth-order valence-corrected chi connectivity index (χ4v) is 4.26. The molecule has 0 spiro atoms. The fourth-order valence-electron chi connectivity index (χ4n) is 4.26. The zero-order valence-corrected chi connectivity index (χ0v) is 17.9. The number of ether oxygens (including phenoxy) is 1. The summed E-state index contributed by atoms with van der Waals surface area (Å²) in [5, 5.41) is 4.04. The van der Waals surface area contributed by atoms with Crippen LogP contribution in [0.25, 0.3) is 11.3 Å². The van der Waals surface area contributed by atoms with Gasteiger partial charge < -0.3 is 14.2 Å². The summed E-state index contributed by atoms with van der Waals surface area (Å²) in [6.07, 6.45) is 6.07. The monoisotopic (exact) mass is 418 g/mol. The van der Waals surface area contributed by atoms with Crippen molar-refractivity contribution in [1.29, 1.82) is 0 Å². The molecule has 1 amide bonds. The molecule has 7 heteroatoms. The number of methoxy groups -OCH3 is 1. The van der Waals surface area contributed by atoms with Gasteiger partial charge in [-0.05, 0) is 50.8 Å². The second-order valence-electron chi connectivity index (χ2n) is 8.46. The molecule has 2 aromatic heterocycles. The van der Waals surface area contributed by atoms with Crippen molar-refractivity contribution in [3.63, 3.8) is 0 Å². The SMILES string of the molecule is COc1cccc(C(=O)N2CCCC(c3nc(C4CC4)ncc3-c3cc(C)no3)C2)c1. The second-order valence-corrected chi connectivity index (χ2v) is 8.46. The first-order valence-electron chi connectivity index (χ1n) is 10.9. The van der Waals surface area contributed by atoms with Crippen LogP contribution < -0.4 is 4.74 Å². The van der Waals surface area contributed by atoms with E-state index in [9.17, 15) is 4.79 Å². The number of likely N-dealkylation sites (tertiary alicyclic amines) is 1. The highest BCUT2D eigenvalue weighted by Gasteiger charge is 2.32. The normalized spacial score (nSPS) is 18.8. The van der Waals surface area contributed by atoms with E-state index >= 15 is 0 Å². The maximum Gasteiger partial charge on any atom is 0.254 e. The van der Waals surface area contributed by atoms with Gasteiger partial charge in [0, 0.05) is 42.8 Å². The number of hydrogen-bond donors (Lipinski definition) is 0. The van der Waals surface area contributed by atoms with E-state index < -0.39 is 0 Å². The molecule has 1 atom stereocenters. The molecule has 0 radical (unpaired) electrons. The molecule has 3 heterocycles. The van der Waals surface area contributed by atoms with E-state index in [1.54, 1.807) is 13.2 Å². The number of rotatable bonds is 5. The molecule has 1 aromatic carbocycles. The van der Waals surface area contributed by atoms with Gasteiger partial charge in [0.05, 0.1) is 24.1 Å². The third-order valence-corrected chi connectivity index (χ3v) is 6.08. The van der Waals surface area contributed by atoms with E-state index in [-0.39, 0.29) is 11.8 Å². The Labute approximate surface area is 181 Å². The van der Waals surface area contributed by atoms with Crippen LogP contribution in [-0.2, 0) is 0 Å². The van der Waals surface area contributed by atoms with Gasteiger partial charge in [0.15, 0.2) is 5.76 Å². The Morgan fingerprint density at radius 1 is 1.19 bits per heavy atom. The number of benzene rings is 1. The molecule has 31 heavy (non-hydrogen) atoms. The largest absolute Gasteiger partial charge is 0.497 e. The molecule has 0 N–H and O–H groups in total. The van der Waals surface area contributed by atoms with E-state index in [4.69, 9.17) is 14.2 Å². The van der Waals surface area contributed by atoms with Crippen LogP contribution in [0.1, 0.15) is 65.1 Å². The van der Waals surface area contributed by atoms with Crippen molar-refractivity contribution in [2.75, 3.05) is 20.2 Å². The average molecular weight is 418 g/mol. The minimum atomic E-state index is 0.0251. The molecule has 1 saturated heterocycles. The first-order valence-corrected chi connectivity index (χ1v) is 10.9. The first-order chi connectivity index (χ1) is 15.1. The van der Waals surface area contributed by atoms with Gasteiger partial charge in [0.1, 0.15) is 11.6 Å². The van der Waals surface area contributed by atoms with Gasteiger partial charge in [-0.3, -0.25) is 4.79 Å². The van der Waals surface area contributed by atoms with E-state index in [1.165, 1.54) is 0 Å². The fraction of sp³-hybridized carbons (Fsp3) is 0.417. The summed E-state index contributed by atoms with van der Waals surface area (Å²) in [6, 6.07) is 9.25. The molecular weight excluding hydrogens is 392 g/mol. The zero-order valence-electron chi connectivity index (χ0n) is 17.9. The molecule has 1 aliphatic heterocycles. The summed E-state index contributed by atoms with van der Waals surface area (Å²) in [6.45, 7) is 3.27. The molecule has 7 nitrogen and oxygen atoms in total. The highest BCUT2D eigenvalue weighted by Crippen LogP contribution is 2.40. The molecule has 1 unspecified atom stereocenters. The van der Waals surface area contributed by atoms with Crippen molar-refractivity contribution in [3.8, 4) is 17.1 Å². The Bertz CT molecular complexity index is 1110. The molecule has 1 aliphatic carbocycles. The lowest BCUT2D eigenvalue weighted by atomic mass is 9.90. The van der Waals surface area contributed by atoms with Crippen molar-refractivity contribution < 1.29 is 14.1 Å². The van der Waals surface area contributed by atoms with Gasteiger partial charge in [-0.25, -0.2) is 9.97 Å². The van der Waals surface area contributed by atoms with Crippen LogP contribution in [0.3, 0.4) is 0 Å². The van der Waals surface area contributed by atoms with Gasteiger partial charge in [-0.15, -0.1) is 0 Å². The lowest BCUT2D eigenvalue weighted by molar-refractivity contribution is 0.0705. The standard InChI is InChI=1S/C24H26N4O3/c1-15-11-21(31-27-15)20-13-25-23(16-8-9-16)26-22(20)18-6-4-10-28(14-18)24(29)17-5-3-7-19(12-17)30-2/h3,5,7,11-13,16,18H,4,6,8-10,14H2,1-2H3. The van der Waals surface area contributed by atoms with E-state index in [0.29, 0.717) is 29.5 Å². The lowest BCUT2D eigenvalue weighted by Gasteiger charge is -2.33. The van der Waals surface area contributed by atoms with Crippen molar-refractivity contribution >= 4 is 5.91 Å². The van der Waals surface area contributed by atoms with Gasteiger partial charge in [-0.1, -0.05) is 11.2 Å². The second kappa shape index (κ2) is 8.13. The Kier molecular flexibility index (Phi) is 5.18. The van der Waals surface area contributed by atoms with E-state index in [2.05, 4.69) is 10.1 Å². The number of amides is 1. The highest BCUT2D eigenvalue weighted by atomic mass is 16.5. The summed E-state index contributed by atoms with van der Waals surface area (Å²) < 4.78 is 10.8. The quantitative estimate of drug-likeness (QED) is 0.613. The maximum absolute atomic E-state index is 13.2. The molecule has 5 rings (SSSR count). The van der Waals surface area contributed by atoms with Crippen LogP contribution in [-0.4, -0.2) is 46.1 Å². The maximum atomic E-state index is 13.2. The summed E-state index contributed by atoms with van der Waals surface area (Å²) in [7, 11) is 1.61. The predicted octanol–water partition coefficient (Wildman–Crippen LogP) is 4.35. The molecule has 2 fully saturated rings. The Morgan fingerprint density at radius 2 is 2.06 bits per heavy atom. The highest BCUT2D eigenvalue weighted by molar-refractivity contribution is 5.94. The van der Waals surface area contributed by atoms with Crippen LogP contribution in [0.4, 0.5) is 0 Å². The van der Waals surface area contributed by atoms with Crippen LogP contribution in [0.2, 0.25) is 0 Å². The summed E-state index contributed by atoms with van der Waals surface area (Å²) in [5.41, 5.74) is 3.32. The van der Waals surface area contributed by atoms with Crippen LogP contribution in [0.5, 0.6) is 5.75 Å². The first kappa shape index (κ1) is 19.7. The summed E-state index contributed by atoms with van der Waals surface area (Å²) in [4.78, 5) is 24.7. The number of carbonyl (C=O) groups is 1. The van der Waals surface area contributed by atoms with E-state index in [0.717, 1.165) is 55.0 Å². The smallest absolute Gasteiger partial charge is 0.254 e. The third kappa shape index (κ3) is 4.04. The minimum Gasteiger partial charge on any atom is -0.497 e. The van der Waals surface area contributed by atoms with Crippen molar-refractivity contribution in [1.82, 2.24) is 20.0 Å². The molecule has 160 valence electrons. The molecular formula is C24H26N4O3. The summed E-state index contributed by atoms with van der Waals surface area (Å²) in [5.74, 6) is 2.90. The Morgan fingerprint density at radius 3 is 2.81 bits per heavy atom. The van der Waals surface area contributed by atoms with Crippen LogP contribution in [0.15, 0.2) is 41.1 Å². The van der Waals surface area contributed by atoms with Crippen LogP contribution >= 0.6 is 0 Å². The van der Waals surface area contributed by atoms with Gasteiger partial charge in [0.25, 0.3) is 5.91 Å². The minimum absolute atomic E-state index is 0.0251. The van der Waals surface area contributed by atoms with E-state index in [1.807, 2.05) is 42.3 Å². The molecule has 3 aromatic rings. The number of carbonyl (C=O) groups excluding carboxylic acids is 1. The number of aromatic nitrogens is 3. The van der Waals surface area contributed by atoms with Gasteiger partial charge >= 0.3 is 0 Å². The topological polar surface area (TPSA) is 81.4 Å². The third-order valence-electron chi connectivity index (χ3n) is 6.08. The molecule has 0 bridgehead atoms. The van der Waals surface area contributed by atoms with Crippen molar-refractivity contribution in [2.45, 2.75) is 44.4 Å². The average Bonchev–Trinajstić information content (AvgIpc) is 3.58. The van der Waals surface area contributed by atoms with Crippen molar-refractivity contribution in [3.05, 3.63) is 59.3 Å². The molecule has 2 aliphatic rings.